The predicted molar refractivity (Wildman–Crippen MR) is 234 cm³/mol. The Morgan fingerprint density at radius 2 is 1.31 bits per heavy atom. The van der Waals surface area contributed by atoms with Crippen molar-refractivity contribution in [3.8, 4) is 5.69 Å². The molecule has 55 heavy (non-hydrogen) atoms. The van der Waals surface area contributed by atoms with Crippen LogP contribution in [0.15, 0.2) is 137 Å². The van der Waals surface area contributed by atoms with Crippen LogP contribution >= 0.6 is 11.3 Å². The molecule has 0 radical (unpaired) electrons. The van der Waals surface area contributed by atoms with Gasteiger partial charge in [0.05, 0.1) is 80.0 Å². The molecule has 13 rings (SSSR count). The van der Waals surface area contributed by atoms with Crippen molar-refractivity contribution in [3.63, 3.8) is 0 Å². The monoisotopic (exact) mass is 745 g/mol. The molecule has 0 spiro atoms. The van der Waals surface area contributed by atoms with E-state index < -0.39 is 133 Å². The van der Waals surface area contributed by atoms with Crippen LogP contribution in [0.2, 0.25) is 0 Å². The summed E-state index contributed by atoms with van der Waals surface area (Å²) in [6.45, 7) is 5.04. The summed E-state index contributed by atoms with van der Waals surface area (Å²) >= 11 is 0.778. The fourth-order valence-corrected chi connectivity index (χ4v) is 9.52. The van der Waals surface area contributed by atoms with E-state index in [0.29, 0.717) is 0 Å². The van der Waals surface area contributed by atoms with Gasteiger partial charge in [-0.15, -0.1) is 11.3 Å². The van der Waals surface area contributed by atoms with Crippen molar-refractivity contribution in [2.75, 3.05) is 9.80 Å². The topological polar surface area (TPSA) is 24.6 Å². The Labute approximate surface area is 353 Å². The van der Waals surface area contributed by atoms with E-state index in [9.17, 15) is 21.9 Å². The molecule has 3 aromatic heterocycles. The van der Waals surface area contributed by atoms with E-state index >= 15 is 0 Å². The molecule has 0 fully saturated rings. The largest absolute Gasteiger partial charge is 0.468 e. The smallest absolute Gasteiger partial charge is 0.297 e. The van der Waals surface area contributed by atoms with Crippen molar-refractivity contribution in [1.29, 1.82) is 0 Å². The van der Waals surface area contributed by atoms with Gasteiger partial charge in [-0.3, -0.25) is 0 Å². The average molecular weight is 746 g/mol. The van der Waals surface area contributed by atoms with E-state index in [2.05, 4.69) is 0 Å². The number of hydrogen-bond acceptors (Lipinski definition) is 4. The zero-order chi connectivity index (χ0) is 55.6. The number of fused-ring (bicyclic) bond motifs is 14. The van der Waals surface area contributed by atoms with Gasteiger partial charge in [0.25, 0.3) is 6.71 Å². The maximum absolute atomic E-state index is 10.2. The highest BCUT2D eigenvalue weighted by Gasteiger charge is 2.49. The zero-order valence-corrected chi connectivity index (χ0v) is 30.1. The Bertz CT molecular complexity index is 4630. The Morgan fingerprint density at radius 3 is 2.15 bits per heavy atom. The molecule has 7 aromatic carbocycles. The number of thiophene rings is 1. The van der Waals surface area contributed by atoms with Crippen molar-refractivity contribution in [1.82, 2.24) is 4.57 Å². The summed E-state index contributed by atoms with van der Waals surface area (Å²) < 4.78 is 214. The first kappa shape index (κ1) is 16.2. The number of aromatic nitrogens is 1. The molecular formula is C49H34BN3OS. The maximum atomic E-state index is 10.2. The maximum Gasteiger partial charge on any atom is 0.297 e. The quantitative estimate of drug-likeness (QED) is 0.156. The van der Waals surface area contributed by atoms with Crippen LogP contribution in [-0.2, 0) is 5.41 Å². The Morgan fingerprint density at radius 1 is 0.618 bits per heavy atom. The number of anilines is 6. The minimum atomic E-state index is -1.59. The summed E-state index contributed by atoms with van der Waals surface area (Å²) in [4.78, 5) is 2.62. The molecule has 0 bridgehead atoms. The second kappa shape index (κ2) is 10.1. The fourth-order valence-electron chi connectivity index (χ4n) is 8.46. The molecule has 0 unspecified atom stereocenters. The van der Waals surface area contributed by atoms with Crippen molar-refractivity contribution < 1.29 is 34.6 Å². The van der Waals surface area contributed by atoms with Crippen LogP contribution in [0, 0.1) is 6.92 Å². The Kier molecular flexibility index (Phi) is 2.98. The van der Waals surface area contributed by atoms with Gasteiger partial charge in [0.2, 0.25) is 0 Å². The average Bonchev–Trinajstić information content (AvgIpc) is 3.87. The van der Waals surface area contributed by atoms with Gasteiger partial charge in [-0.1, -0.05) is 99.3 Å². The molecule has 0 saturated heterocycles. The van der Waals surface area contributed by atoms with E-state index in [0.717, 1.165) is 11.3 Å². The lowest BCUT2D eigenvalue weighted by Crippen LogP contribution is -2.61. The molecule has 0 atom stereocenters. The van der Waals surface area contributed by atoms with Gasteiger partial charge in [0.1, 0.15) is 5.58 Å². The molecule has 6 heteroatoms. The number of nitrogens with zero attached hydrogens (tertiary/aromatic N) is 3. The van der Waals surface area contributed by atoms with Crippen molar-refractivity contribution in [2.24, 2.45) is 0 Å². The number of furan rings is 1. The third-order valence-corrected chi connectivity index (χ3v) is 11.8. The van der Waals surface area contributed by atoms with Crippen LogP contribution in [0.25, 0.3) is 58.6 Å². The highest BCUT2D eigenvalue weighted by atomic mass is 32.1. The van der Waals surface area contributed by atoms with Crippen molar-refractivity contribution in [2.45, 2.75) is 33.1 Å². The minimum Gasteiger partial charge on any atom is -0.468 e. The Hall–Kier alpha value is -6.24. The van der Waals surface area contributed by atoms with Gasteiger partial charge >= 0.3 is 0 Å². The minimum absolute atomic E-state index is 0.0387. The van der Waals surface area contributed by atoms with Crippen LogP contribution in [-0.4, -0.2) is 11.3 Å². The van der Waals surface area contributed by atoms with Gasteiger partial charge in [-0.05, 0) is 88.8 Å². The van der Waals surface area contributed by atoms with E-state index in [1.165, 1.54) is 21.3 Å². The summed E-state index contributed by atoms with van der Waals surface area (Å²) in [6.07, 6.45) is 0. The molecule has 260 valence electrons. The second-order valence-electron chi connectivity index (χ2n) is 14.8. The molecule has 3 aliphatic rings. The molecule has 0 N–H and O–H groups in total. The van der Waals surface area contributed by atoms with Gasteiger partial charge in [-0.2, -0.15) is 0 Å². The van der Waals surface area contributed by atoms with Crippen LogP contribution in [0.1, 0.15) is 62.1 Å². The van der Waals surface area contributed by atoms with Gasteiger partial charge < -0.3 is 18.8 Å². The Balaban J connectivity index is 1.33. The lowest BCUT2D eigenvalue weighted by atomic mass is 9.35. The summed E-state index contributed by atoms with van der Waals surface area (Å²) in [6, 6.07) is -12.8. The van der Waals surface area contributed by atoms with Crippen LogP contribution in [0.4, 0.5) is 34.1 Å². The summed E-state index contributed by atoms with van der Waals surface area (Å²) in [5.74, 6) is 0. The van der Waals surface area contributed by atoms with Crippen molar-refractivity contribution in [3.05, 3.63) is 144 Å². The van der Waals surface area contributed by atoms with E-state index in [-0.39, 0.29) is 133 Å². The number of hydrogen-bond donors (Lipinski definition) is 0. The van der Waals surface area contributed by atoms with Gasteiger partial charge in [0.15, 0.2) is 0 Å². The summed E-state index contributed by atoms with van der Waals surface area (Å²) in [7, 11) is 0. The fraction of sp³-hybridized carbons (Fsp3) is 0.102. The molecule has 4 nitrogen and oxygen atoms in total. The molecule has 6 heterocycles. The first-order chi connectivity index (χ1) is 36.0. The molecular weight excluding hydrogens is 689 g/mol. The molecule has 0 saturated carbocycles. The first-order valence-electron chi connectivity index (χ1n) is 28.4. The number of para-hydroxylation sites is 3. The SMILES string of the molecule is [2H]c1c([2H])c2c3c(c1[2H])-n1c4c([2H])c([2H])c([2H])c([2H])c4c4c([2H])c([2H])c([2H])c(c41)N3c1c([2H])c(C)c([2H])c3c1B2c1oc2c([2H])c([2H])c(C(C)(C)C)c([2H])c2c1N3c1c([2H])c([2H])c([2H])c2c1sc1c([2H])c([2H])c([2H])c([2H])c12. The molecule has 0 amide bonds. The third kappa shape index (κ3) is 3.69. The predicted octanol–water partition coefficient (Wildman–Crippen LogP) is 11.9. The van der Waals surface area contributed by atoms with E-state index in [4.69, 9.17) is 12.6 Å². The lowest BCUT2D eigenvalue weighted by Gasteiger charge is -2.45. The van der Waals surface area contributed by atoms with Crippen LogP contribution < -0.4 is 26.4 Å². The highest BCUT2D eigenvalue weighted by molar-refractivity contribution is 7.26. The first-order valence-corrected chi connectivity index (χ1v) is 18.3. The summed E-state index contributed by atoms with van der Waals surface area (Å²) in [5, 5.41) is -0.903. The lowest BCUT2D eigenvalue weighted by molar-refractivity contribution is 0.590. The van der Waals surface area contributed by atoms with Crippen LogP contribution in [0.5, 0.6) is 0 Å². The van der Waals surface area contributed by atoms with Gasteiger partial charge in [0, 0.05) is 43.0 Å². The molecule has 10 aromatic rings. The zero-order valence-electron chi connectivity index (χ0n) is 51.2. The summed E-state index contributed by atoms with van der Waals surface area (Å²) in [5.41, 5.74) is -3.89. The number of benzene rings is 7. The normalized spacial score (nSPS) is 19.7. The standard InChI is InChI=1S/C49H34BN3OS/c1-27-24-39-43-40(25-27)53(38-20-10-15-32-30-13-6-8-21-42(30)55-47(32)38)45-33-26-28(49(2,3)4)22-23-41(33)54-48(45)50(43)34-16-11-19-37-46(34)52(39)36-18-9-14-31-29-12-5-7-17-35(29)51(37)44(31)36/h5-26H,1-4H3/i5D,6D,7D,8D,9D,10D,11D,12D,13D,14D,15D,16D,17D,18D,19D,20D,21D,22D,23D,24D,25D,26D. The van der Waals surface area contributed by atoms with Crippen molar-refractivity contribution >= 4 is 122 Å². The van der Waals surface area contributed by atoms with E-state index in [1.54, 1.807) is 20.8 Å². The van der Waals surface area contributed by atoms with E-state index in [1.807, 2.05) is 0 Å². The molecule has 3 aliphatic heterocycles. The second-order valence-corrected chi connectivity index (χ2v) is 15.9. The third-order valence-electron chi connectivity index (χ3n) is 10.7. The molecule has 0 aliphatic carbocycles. The van der Waals surface area contributed by atoms with Gasteiger partial charge in [-0.25, -0.2) is 0 Å². The number of rotatable bonds is 1. The van der Waals surface area contributed by atoms with Crippen LogP contribution in [0.3, 0.4) is 0 Å². The highest BCUT2D eigenvalue weighted by Crippen LogP contribution is 2.54.